The molecule has 2 aromatic heterocycles. The molecule has 4 heteroatoms. The second kappa shape index (κ2) is 12.8. The third kappa shape index (κ3) is 5.30. The second-order valence-electron chi connectivity index (χ2n) is 14.0. The van der Waals surface area contributed by atoms with Crippen LogP contribution in [-0.2, 0) is 0 Å². The average Bonchev–Trinajstić information content (AvgIpc) is 3.65. The molecule has 11 aromatic rings. The Labute approximate surface area is 322 Å². The van der Waals surface area contributed by atoms with Gasteiger partial charge < -0.3 is 9.80 Å². The van der Waals surface area contributed by atoms with Crippen molar-refractivity contribution in [1.82, 2.24) is 4.98 Å². The van der Waals surface area contributed by atoms with Crippen molar-refractivity contribution in [2.24, 2.45) is 0 Å². The van der Waals surface area contributed by atoms with Crippen molar-refractivity contribution >= 4 is 109 Å². The molecule has 0 unspecified atom stereocenters. The molecule has 0 spiro atoms. The van der Waals surface area contributed by atoms with E-state index < -0.39 is 0 Å². The molecule has 0 atom stereocenters. The monoisotopic (exact) mass is 719 g/mol. The van der Waals surface area contributed by atoms with Crippen LogP contribution in [0.1, 0.15) is 0 Å². The Morgan fingerprint density at radius 2 is 0.855 bits per heavy atom. The van der Waals surface area contributed by atoms with Crippen molar-refractivity contribution in [3.05, 3.63) is 200 Å². The number of hydrogen-bond acceptors (Lipinski definition) is 4. The summed E-state index contributed by atoms with van der Waals surface area (Å²) in [4.78, 5) is 9.13. The second-order valence-corrected chi connectivity index (χ2v) is 15.1. The quantitative estimate of drug-likeness (QED) is 0.160. The zero-order valence-corrected chi connectivity index (χ0v) is 30.6. The zero-order valence-electron chi connectivity index (χ0n) is 29.8. The van der Waals surface area contributed by atoms with Gasteiger partial charge in [-0.05, 0) is 110 Å². The van der Waals surface area contributed by atoms with Gasteiger partial charge in [-0.1, -0.05) is 115 Å². The number of fused-ring (bicyclic) bond motifs is 10. The van der Waals surface area contributed by atoms with Gasteiger partial charge in [0.05, 0.1) is 0 Å². The van der Waals surface area contributed by atoms with E-state index in [9.17, 15) is 0 Å². The van der Waals surface area contributed by atoms with Crippen LogP contribution in [0.5, 0.6) is 0 Å². The van der Waals surface area contributed by atoms with E-state index in [2.05, 4.69) is 203 Å². The summed E-state index contributed by atoms with van der Waals surface area (Å²) in [5, 5.41) is 12.6. The molecule has 55 heavy (non-hydrogen) atoms. The van der Waals surface area contributed by atoms with Crippen LogP contribution in [0.15, 0.2) is 200 Å². The molecular formula is C51H33N3S. The highest BCUT2D eigenvalue weighted by molar-refractivity contribution is 7.27. The first kappa shape index (κ1) is 31.5. The molecule has 11 rings (SSSR count). The molecular weight excluding hydrogens is 687 g/mol. The molecule has 0 aliphatic heterocycles. The number of rotatable bonds is 6. The van der Waals surface area contributed by atoms with E-state index >= 15 is 0 Å². The summed E-state index contributed by atoms with van der Waals surface area (Å²) in [6.45, 7) is 0. The number of benzene rings is 9. The van der Waals surface area contributed by atoms with Gasteiger partial charge in [0.25, 0.3) is 0 Å². The van der Waals surface area contributed by atoms with Crippen LogP contribution in [0.4, 0.5) is 34.1 Å². The van der Waals surface area contributed by atoms with Crippen LogP contribution in [0.2, 0.25) is 0 Å². The van der Waals surface area contributed by atoms with E-state index in [1.54, 1.807) is 0 Å². The van der Waals surface area contributed by atoms with Gasteiger partial charge in [-0.3, -0.25) is 4.98 Å². The summed E-state index contributed by atoms with van der Waals surface area (Å²) >= 11 is 1.89. The van der Waals surface area contributed by atoms with E-state index in [-0.39, 0.29) is 0 Å². The van der Waals surface area contributed by atoms with Crippen LogP contribution >= 0.6 is 11.3 Å². The number of nitrogens with zero attached hydrogens (tertiary/aromatic N) is 3. The molecule has 0 saturated heterocycles. The van der Waals surface area contributed by atoms with Crippen LogP contribution in [0, 0.1) is 0 Å². The Morgan fingerprint density at radius 3 is 1.55 bits per heavy atom. The predicted molar refractivity (Wildman–Crippen MR) is 237 cm³/mol. The number of thiophene rings is 1. The number of aromatic nitrogens is 1. The van der Waals surface area contributed by atoms with Gasteiger partial charge in [0.2, 0.25) is 0 Å². The van der Waals surface area contributed by atoms with Gasteiger partial charge in [0, 0.05) is 72.1 Å². The molecule has 0 amide bonds. The highest BCUT2D eigenvalue weighted by atomic mass is 32.1. The first-order valence-electron chi connectivity index (χ1n) is 18.6. The van der Waals surface area contributed by atoms with E-state index in [0.29, 0.717) is 0 Å². The van der Waals surface area contributed by atoms with Gasteiger partial charge in [-0.2, -0.15) is 0 Å². The van der Waals surface area contributed by atoms with E-state index in [4.69, 9.17) is 0 Å². The molecule has 9 aromatic carbocycles. The fourth-order valence-corrected chi connectivity index (χ4v) is 9.58. The van der Waals surface area contributed by atoms with Crippen LogP contribution in [0.3, 0.4) is 0 Å². The highest BCUT2D eigenvalue weighted by Gasteiger charge is 2.20. The third-order valence-electron chi connectivity index (χ3n) is 10.8. The van der Waals surface area contributed by atoms with E-state index in [1.165, 1.54) is 63.3 Å². The summed E-state index contributed by atoms with van der Waals surface area (Å²) in [6.07, 6.45) is 3.75. The Kier molecular flexibility index (Phi) is 7.35. The molecule has 0 aliphatic carbocycles. The van der Waals surface area contributed by atoms with Crippen molar-refractivity contribution in [1.29, 1.82) is 0 Å². The van der Waals surface area contributed by atoms with Gasteiger partial charge in [-0.15, -0.1) is 11.3 Å². The lowest BCUT2D eigenvalue weighted by Crippen LogP contribution is -2.13. The molecule has 0 N–H and O–H groups in total. The van der Waals surface area contributed by atoms with Crippen LogP contribution in [0.25, 0.3) is 63.3 Å². The maximum absolute atomic E-state index is 4.40. The van der Waals surface area contributed by atoms with Crippen molar-refractivity contribution in [3.8, 4) is 0 Å². The fraction of sp³-hybridized carbons (Fsp3) is 0. The maximum Gasteiger partial charge on any atom is 0.0492 e. The summed E-state index contributed by atoms with van der Waals surface area (Å²) in [5.41, 5.74) is 6.46. The number of anilines is 6. The standard InChI is InChI=1S/C51H33N3S/c1-3-12-36-30-41(22-20-34(36)10-1)54(42-23-21-35-11-2-4-13-37(35)31-42)40-15-9-14-39(32-40)53(38-26-28-52-29-27-38)43-24-25-46-48(33-43)44-16-5-6-17-45(44)50-47-18-7-8-19-49(47)55-51(46)50/h1-33H. The first-order chi connectivity index (χ1) is 27.3. The van der Waals surface area contributed by atoms with Gasteiger partial charge in [-0.25, -0.2) is 0 Å². The molecule has 0 fully saturated rings. The summed E-state index contributed by atoms with van der Waals surface area (Å²) < 4.78 is 2.65. The van der Waals surface area contributed by atoms with Crippen molar-refractivity contribution < 1.29 is 0 Å². The molecule has 0 saturated carbocycles. The third-order valence-corrected chi connectivity index (χ3v) is 12.0. The smallest absolute Gasteiger partial charge is 0.0492 e. The number of pyridine rings is 1. The van der Waals surface area contributed by atoms with Crippen molar-refractivity contribution in [2.45, 2.75) is 0 Å². The lowest BCUT2D eigenvalue weighted by molar-refractivity contribution is 1.23. The van der Waals surface area contributed by atoms with Crippen LogP contribution in [-0.4, -0.2) is 4.98 Å². The highest BCUT2D eigenvalue weighted by Crippen LogP contribution is 2.47. The molecule has 3 nitrogen and oxygen atoms in total. The minimum atomic E-state index is 1.04. The largest absolute Gasteiger partial charge is 0.310 e. The predicted octanol–water partition coefficient (Wildman–Crippen LogP) is 15.0. The van der Waals surface area contributed by atoms with Crippen LogP contribution < -0.4 is 9.80 Å². The minimum absolute atomic E-state index is 1.04. The lowest BCUT2D eigenvalue weighted by Gasteiger charge is -2.30. The molecule has 0 aliphatic rings. The van der Waals surface area contributed by atoms with Crippen molar-refractivity contribution in [3.63, 3.8) is 0 Å². The summed E-state index contributed by atoms with van der Waals surface area (Å²) in [6, 6.07) is 68.4. The molecule has 2 heterocycles. The Hall–Kier alpha value is -7.01. The molecule has 0 radical (unpaired) electrons. The summed E-state index contributed by atoms with van der Waals surface area (Å²) in [5.74, 6) is 0. The normalized spacial score (nSPS) is 11.6. The first-order valence-corrected chi connectivity index (χ1v) is 19.4. The maximum atomic E-state index is 4.40. The number of hydrogen-bond donors (Lipinski definition) is 0. The SMILES string of the molecule is c1cc(N(c2ccc3ccccc3c2)c2ccc3ccccc3c2)cc(N(c2ccncc2)c2ccc3c(c2)c2ccccc2c2c4ccccc4sc32)c1. The van der Waals surface area contributed by atoms with Crippen molar-refractivity contribution in [2.75, 3.05) is 9.80 Å². The minimum Gasteiger partial charge on any atom is -0.310 e. The van der Waals surface area contributed by atoms with Gasteiger partial charge in [0.15, 0.2) is 0 Å². The van der Waals surface area contributed by atoms with Gasteiger partial charge in [0.1, 0.15) is 0 Å². The average molecular weight is 720 g/mol. The molecule has 258 valence electrons. The van der Waals surface area contributed by atoms with E-state index in [1.807, 2.05) is 23.7 Å². The fourth-order valence-electron chi connectivity index (χ4n) is 8.32. The molecule has 0 bridgehead atoms. The Bertz CT molecular complexity index is 3160. The Balaban J connectivity index is 1.12. The Morgan fingerprint density at radius 1 is 0.327 bits per heavy atom. The van der Waals surface area contributed by atoms with E-state index in [0.717, 1.165) is 34.1 Å². The topological polar surface area (TPSA) is 19.4 Å². The van der Waals surface area contributed by atoms with Gasteiger partial charge >= 0.3 is 0 Å². The zero-order chi connectivity index (χ0) is 36.3. The lowest BCUT2D eigenvalue weighted by atomic mass is 9.96. The summed E-state index contributed by atoms with van der Waals surface area (Å²) in [7, 11) is 0.